The standard InChI is InChI=1S/C3H4O2.H3N.Na/c1-2-3(4)5;;/h2H,1H2,(H,4,5);1H3;. The smallest absolute Gasteiger partial charge is 0.327 e. The van der Waals surface area contributed by atoms with Crippen LogP contribution in [-0.4, -0.2) is 40.6 Å². The van der Waals surface area contributed by atoms with E-state index in [1.54, 1.807) is 0 Å². The molecule has 3 nitrogen and oxygen atoms in total. The zero-order valence-electron chi connectivity index (χ0n) is 4.35. The predicted molar refractivity (Wildman–Crippen MR) is 28.6 cm³/mol. The van der Waals surface area contributed by atoms with Gasteiger partial charge in [0.25, 0.3) is 0 Å². The second kappa shape index (κ2) is 9.48. The maximum Gasteiger partial charge on any atom is 0.327 e. The maximum atomic E-state index is 9.25. The van der Waals surface area contributed by atoms with Gasteiger partial charge in [-0.05, 0) is 0 Å². The topological polar surface area (TPSA) is 72.3 Å². The third kappa shape index (κ3) is 22.8. The molecule has 0 fully saturated rings. The van der Waals surface area contributed by atoms with Crippen molar-refractivity contribution in [2.45, 2.75) is 0 Å². The van der Waals surface area contributed by atoms with Gasteiger partial charge in [0, 0.05) is 35.6 Å². The largest absolute Gasteiger partial charge is 0.478 e. The summed E-state index contributed by atoms with van der Waals surface area (Å²) in [6.45, 7) is 2.96. The van der Waals surface area contributed by atoms with Gasteiger partial charge in [-0.1, -0.05) is 6.58 Å². The number of carbonyl (C=O) groups is 1. The molecule has 4 heteroatoms. The molecule has 0 rings (SSSR count). The van der Waals surface area contributed by atoms with Gasteiger partial charge in [0.1, 0.15) is 0 Å². The molecule has 0 aliphatic rings. The second-order valence-electron chi connectivity index (χ2n) is 0.542. The minimum atomic E-state index is -0.981. The number of hydrogen-bond donors (Lipinski definition) is 2. The van der Waals surface area contributed by atoms with Crippen LogP contribution in [0.15, 0.2) is 12.7 Å². The van der Waals surface area contributed by atoms with Crippen LogP contribution < -0.4 is 6.15 Å². The van der Waals surface area contributed by atoms with E-state index in [4.69, 9.17) is 5.11 Å². The van der Waals surface area contributed by atoms with Crippen molar-refractivity contribution in [2.24, 2.45) is 0 Å². The molecule has 0 amide bonds. The first-order chi connectivity index (χ1) is 2.27. The van der Waals surface area contributed by atoms with E-state index >= 15 is 0 Å². The average Bonchev–Trinajstić information content (AvgIpc) is 1.38. The maximum absolute atomic E-state index is 9.25. The van der Waals surface area contributed by atoms with Crippen LogP contribution >= 0.6 is 0 Å². The second-order valence-corrected chi connectivity index (χ2v) is 0.542. The molecular formula is C3H7NNaO2. The number of carboxylic acid groups (broad SMARTS) is 1. The molecule has 0 unspecified atom stereocenters. The third-order valence-electron chi connectivity index (χ3n) is 0.175. The Balaban J connectivity index is -0.0000000800. The van der Waals surface area contributed by atoms with Gasteiger partial charge in [0.15, 0.2) is 0 Å². The van der Waals surface area contributed by atoms with E-state index in [9.17, 15) is 4.79 Å². The van der Waals surface area contributed by atoms with Crippen LogP contribution in [0.2, 0.25) is 0 Å². The molecular weight excluding hydrogens is 105 g/mol. The average molecular weight is 112 g/mol. The quantitative estimate of drug-likeness (QED) is 0.371. The Morgan fingerprint density at radius 1 is 1.71 bits per heavy atom. The van der Waals surface area contributed by atoms with Crippen LogP contribution in [0, 0.1) is 0 Å². The SMILES string of the molecule is C=CC(=O)O.N.[Na]. The molecule has 0 aliphatic carbocycles. The van der Waals surface area contributed by atoms with Gasteiger partial charge in [-0.3, -0.25) is 0 Å². The zero-order chi connectivity index (χ0) is 4.28. The van der Waals surface area contributed by atoms with E-state index in [-0.39, 0.29) is 35.7 Å². The predicted octanol–water partition coefficient (Wildman–Crippen LogP) is 0.0382. The van der Waals surface area contributed by atoms with Gasteiger partial charge in [-0.2, -0.15) is 0 Å². The Kier molecular flexibility index (Phi) is 21.3. The fourth-order valence-electron chi connectivity index (χ4n) is 0. The third-order valence-corrected chi connectivity index (χ3v) is 0.175. The molecule has 0 bridgehead atoms. The molecule has 0 aliphatic heterocycles. The first-order valence-corrected chi connectivity index (χ1v) is 1.12. The fourth-order valence-corrected chi connectivity index (χ4v) is 0. The minimum Gasteiger partial charge on any atom is -0.478 e. The summed E-state index contributed by atoms with van der Waals surface area (Å²) >= 11 is 0. The van der Waals surface area contributed by atoms with Crippen LogP contribution in [0.25, 0.3) is 0 Å². The van der Waals surface area contributed by atoms with Crippen LogP contribution in [0.4, 0.5) is 0 Å². The van der Waals surface area contributed by atoms with Gasteiger partial charge in [-0.15, -0.1) is 0 Å². The number of hydrogen-bond acceptors (Lipinski definition) is 2. The van der Waals surface area contributed by atoms with Crippen molar-refractivity contribution in [1.82, 2.24) is 6.15 Å². The molecule has 7 heavy (non-hydrogen) atoms. The van der Waals surface area contributed by atoms with Crippen LogP contribution in [0.3, 0.4) is 0 Å². The van der Waals surface area contributed by atoms with E-state index < -0.39 is 5.97 Å². The number of carboxylic acids is 1. The fraction of sp³-hybridized carbons (Fsp3) is 0. The summed E-state index contributed by atoms with van der Waals surface area (Å²) in [4.78, 5) is 9.25. The van der Waals surface area contributed by atoms with Crippen molar-refractivity contribution in [1.29, 1.82) is 0 Å². The molecule has 1 radical (unpaired) electrons. The van der Waals surface area contributed by atoms with E-state index in [0.717, 1.165) is 6.08 Å². The summed E-state index contributed by atoms with van der Waals surface area (Å²) in [5.41, 5.74) is 0. The number of aliphatic carboxylic acids is 1. The normalized spacial score (nSPS) is 4.57. The van der Waals surface area contributed by atoms with Gasteiger partial charge in [-0.25, -0.2) is 4.79 Å². The van der Waals surface area contributed by atoms with Gasteiger partial charge in [0.05, 0.1) is 0 Å². The summed E-state index contributed by atoms with van der Waals surface area (Å²) < 4.78 is 0. The van der Waals surface area contributed by atoms with E-state index in [1.807, 2.05) is 0 Å². The van der Waals surface area contributed by atoms with Crippen LogP contribution in [-0.2, 0) is 4.79 Å². The Labute approximate surface area is 64.3 Å². The summed E-state index contributed by atoms with van der Waals surface area (Å²) in [5.74, 6) is -0.981. The van der Waals surface area contributed by atoms with Gasteiger partial charge in [0.2, 0.25) is 0 Å². The Hall–Kier alpha value is 0.170. The van der Waals surface area contributed by atoms with Crippen molar-refractivity contribution in [2.75, 3.05) is 0 Å². The van der Waals surface area contributed by atoms with E-state index in [0.29, 0.717) is 0 Å². The zero-order valence-corrected chi connectivity index (χ0v) is 6.35. The summed E-state index contributed by atoms with van der Waals surface area (Å²) in [5, 5.41) is 7.60. The minimum absolute atomic E-state index is 0. The Morgan fingerprint density at radius 3 is 1.86 bits per heavy atom. The molecule has 0 saturated heterocycles. The van der Waals surface area contributed by atoms with Crippen molar-refractivity contribution in [3.63, 3.8) is 0 Å². The Bertz CT molecular complexity index is 64.0. The van der Waals surface area contributed by atoms with Crippen molar-refractivity contribution < 1.29 is 9.90 Å². The van der Waals surface area contributed by atoms with Crippen molar-refractivity contribution in [3.8, 4) is 0 Å². The number of rotatable bonds is 1. The van der Waals surface area contributed by atoms with E-state index in [1.165, 1.54) is 0 Å². The first-order valence-electron chi connectivity index (χ1n) is 1.12. The molecule has 0 saturated carbocycles. The molecule has 0 atom stereocenters. The Morgan fingerprint density at radius 2 is 1.86 bits per heavy atom. The van der Waals surface area contributed by atoms with Gasteiger partial charge < -0.3 is 11.3 Å². The molecule has 4 N–H and O–H groups in total. The van der Waals surface area contributed by atoms with E-state index in [2.05, 4.69) is 6.58 Å². The van der Waals surface area contributed by atoms with Crippen LogP contribution in [0.5, 0.6) is 0 Å². The van der Waals surface area contributed by atoms with Crippen molar-refractivity contribution in [3.05, 3.63) is 12.7 Å². The summed E-state index contributed by atoms with van der Waals surface area (Å²) in [6, 6.07) is 0. The van der Waals surface area contributed by atoms with Gasteiger partial charge >= 0.3 is 5.97 Å². The molecule has 0 spiro atoms. The monoisotopic (exact) mass is 112 g/mol. The summed E-state index contributed by atoms with van der Waals surface area (Å²) in [6.07, 6.45) is 0.833. The van der Waals surface area contributed by atoms with Crippen LogP contribution in [0.1, 0.15) is 0 Å². The molecule has 0 heterocycles. The van der Waals surface area contributed by atoms with Crippen molar-refractivity contribution >= 4 is 35.5 Å². The molecule has 0 aromatic heterocycles. The molecule has 0 aromatic carbocycles. The molecule has 37 valence electrons. The first kappa shape index (κ1) is 15.7. The summed E-state index contributed by atoms with van der Waals surface area (Å²) in [7, 11) is 0. The molecule has 0 aromatic rings.